The highest BCUT2D eigenvalue weighted by Gasteiger charge is 2.12. The highest BCUT2D eigenvalue weighted by atomic mass is 16.5. The van der Waals surface area contributed by atoms with E-state index < -0.39 is 0 Å². The van der Waals surface area contributed by atoms with E-state index in [1.54, 1.807) is 25.6 Å². The summed E-state index contributed by atoms with van der Waals surface area (Å²) in [6, 6.07) is 9.49. The molecule has 0 unspecified atom stereocenters. The quantitative estimate of drug-likeness (QED) is 0.790. The fraction of sp³-hybridized carbons (Fsp3) is 0.133. The highest BCUT2D eigenvalue weighted by Crippen LogP contribution is 2.23. The lowest BCUT2D eigenvalue weighted by molar-refractivity contribution is 0.414. The van der Waals surface area contributed by atoms with Gasteiger partial charge in [-0.1, -0.05) is 17.3 Å². The first-order valence-electron chi connectivity index (χ1n) is 6.41. The van der Waals surface area contributed by atoms with E-state index in [1.165, 1.54) is 0 Å². The Hall–Kier alpha value is -2.89. The van der Waals surface area contributed by atoms with Gasteiger partial charge < -0.3 is 15.0 Å². The topological polar surface area (TPSA) is 87.1 Å². The molecule has 6 heteroatoms. The summed E-state index contributed by atoms with van der Waals surface area (Å²) < 4.78 is 10.5. The molecule has 0 saturated heterocycles. The lowest BCUT2D eigenvalue weighted by Crippen LogP contribution is -1.93. The predicted molar refractivity (Wildman–Crippen MR) is 77.7 cm³/mol. The van der Waals surface area contributed by atoms with E-state index in [-0.39, 0.29) is 0 Å². The van der Waals surface area contributed by atoms with Gasteiger partial charge in [-0.15, -0.1) is 0 Å². The van der Waals surface area contributed by atoms with E-state index in [0.717, 1.165) is 11.3 Å². The lowest BCUT2D eigenvalue weighted by atomic mass is 10.1. The van der Waals surface area contributed by atoms with Crippen LogP contribution in [0.1, 0.15) is 11.4 Å². The molecule has 0 saturated carbocycles. The first-order chi connectivity index (χ1) is 10.3. The van der Waals surface area contributed by atoms with Gasteiger partial charge in [0.2, 0.25) is 0 Å². The molecule has 0 radical (unpaired) electrons. The van der Waals surface area contributed by atoms with Crippen LogP contribution in [0.5, 0.6) is 5.75 Å². The molecular formula is C15H14N4O2. The lowest BCUT2D eigenvalue weighted by Gasteiger charge is -2.01. The van der Waals surface area contributed by atoms with E-state index in [2.05, 4.69) is 15.1 Å². The summed E-state index contributed by atoms with van der Waals surface area (Å²) in [5.74, 6) is 1.79. The molecule has 0 aliphatic carbocycles. The van der Waals surface area contributed by atoms with Crippen molar-refractivity contribution in [1.29, 1.82) is 0 Å². The van der Waals surface area contributed by atoms with Crippen molar-refractivity contribution in [2.45, 2.75) is 6.42 Å². The maximum atomic E-state index is 5.85. The standard InChI is InChI=1S/C15H14N4O2/c1-20-11-4-2-3-10(7-11)8-14-18-15(21-19-14)12-5-6-17-9-13(12)16/h2-7,9H,8,16H2,1H3. The summed E-state index contributed by atoms with van der Waals surface area (Å²) in [6.45, 7) is 0. The van der Waals surface area contributed by atoms with Gasteiger partial charge in [0, 0.05) is 12.6 Å². The largest absolute Gasteiger partial charge is 0.497 e. The average Bonchev–Trinajstić information content (AvgIpc) is 2.96. The summed E-state index contributed by atoms with van der Waals surface area (Å²) in [7, 11) is 1.64. The third kappa shape index (κ3) is 2.84. The Balaban J connectivity index is 1.84. The number of aromatic nitrogens is 3. The number of hydrogen-bond donors (Lipinski definition) is 1. The Morgan fingerprint density at radius 2 is 2.19 bits per heavy atom. The Bertz CT molecular complexity index is 755. The highest BCUT2D eigenvalue weighted by molar-refractivity contribution is 5.68. The normalized spacial score (nSPS) is 10.5. The van der Waals surface area contributed by atoms with Crippen LogP contribution in [0.25, 0.3) is 11.5 Å². The molecule has 2 heterocycles. The minimum Gasteiger partial charge on any atom is -0.497 e. The maximum absolute atomic E-state index is 5.85. The summed E-state index contributed by atoms with van der Waals surface area (Å²) in [6.07, 6.45) is 3.75. The van der Waals surface area contributed by atoms with Gasteiger partial charge in [0.15, 0.2) is 5.82 Å². The van der Waals surface area contributed by atoms with Crippen molar-refractivity contribution in [3.05, 3.63) is 54.1 Å². The summed E-state index contributed by atoms with van der Waals surface area (Å²) in [5.41, 5.74) is 8.09. The van der Waals surface area contributed by atoms with Crippen LogP contribution in [0.3, 0.4) is 0 Å². The molecule has 0 aliphatic rings. The minimum atomic E-state index is 0.396. The van der Waals surface area contributed by atoms with Crippen molar-refractivity contribution in [2.24, 2.45) is 0 Å². The molecule has 0 amide bonds. The number of ether oxygens (including phenoxy) is 1. The Labute approximate surface area is 121 Å². The molecule has 2 aromatic heterocycles. The molecule has 21 heavy (non-hydrogen) atoms. The van der Waals surface area contributed by atoms with Gasteiger partial charge in [-0.2, -0.15) is 4.98 Å². The molecule has 2 N–H and O–H groups in total. The molecule has 0 spiro atoms. The summed E-state index contributed by atoms with van der Waals surface area (Å²) >= 11 is 0. The van der Waals surface area contributed by atoms with Crippen LogP contribution in [-0.2, 0) is 6.42 Å². The zero-order chi connectivity index (χ0) is 14.7. The predicted octanol–water partition coefficient (Wildman–Crippen LogP) is 2.31. The second-order valence-corrected chi connectivity index (χ2v) is 4.51. The first-order valence-corrected chi connectivity index (χ1v) is 6.41. The fourth-order valence-corrected chi connectivity index (χ4v) is 2.00. The smallest absolute Gasteiger partial charge is 0.260 e. The van der Waals surface area contributed by atoms with E-state index >= 15 is 0 Å². The minimum absolute atomic E-state index is 0.396. The molecule has 106 valence electrons. The Morgan fingerprint density at radius 3 is 3.00 bits per heavy atom. The Kier molecular flexibility index (Phi) is 3.51. The van der Waals surface area contributed by atoms with Crippen molar-refractivity contribution in [3.63, 3.8) is 0 Å². The van der Waals surface area contributed by atoms with Crippen LogP contribution in [-0.4, -0.2) is 22.2 Å². The zero-order valence-electron chi connectivity index (χ0n) is 11.5. The van der Waals surface area contributed by atoms with Crippen LogP contribution in [0, 0.1) is 0 Å². The van der Waals surface area contributed by atoms with Crippen LogP contribution < -0.4 is 10.5 Å². The molecule has 0 aliphatic heterocycles. The van der Waals surface area contributed by atoms with Crippen molar-refractivity contribution in [3.8, 4) is 17.2 Å². The number of methoxy groups -OCH3 is 1. The van der Waals surface area contributed by atoms with Crippen LogP contribution >= 0.6 is 0 Å². The van der Waals surface area contributed by atoms with E-state index in [4.69, 9.17) is 15.0 Å². The molecule has 3 rings (SSSR count). The van der Waals surface area contributed by atoms with Gasteiger partial charge in [0.1, 0.15) is 5.75 Å². The number of hydrogen-bond acceptors (Lipinski definition) is 6. The number of benzene rings is 1. The van der Waals surface area contributed by atoms with Gasteiger partial charge >= 0.3 is 0 Å². The molecular weight excluding hydrogens is 268 g/mol. The monoisotopic (exact) mass is 282 g/mol. The van der Waals surface area contributed by atoms with E-state index in [0.29, 0.717) is 29.4 Å². The van der Waals surface area contributed by atoms with E-state index in [9.17, 15) is 0 Å². The number of nitrogen functional groups attached to an aromatic ring is 1. The zero-order valence-corrected chi connectivity index (χ0v) is 11.5. The summed E-state index contributed by atoms with van der Waals surface area (Å²) in [5, 5.41) is 3.98. The van der Waals surface area contributed by atoms with Gasteiger partial charge in [-0.3, -0.25) is 4.98 Å². The van der Waals surface area contributed by atoms with Crippen molar-refractivity contribution in [2.75, 3.05) is 12.8 Å². The molecule has 1 aromatic carbocycles. The third-order valence-electron chi connectivity index (χ3n) is 3.05. The number of anilines is 1. The van der Waals surface area contributed by atoms with Crippen LogP contribution in [0.4, 0.5) is 5.69 Å². The number of pyridine rings is 1. The molecule has 3 aromatic rings. The van der Waals surface area contributed by atoms with Crippen LogP contribution in [0.2, 0.25) is 0 Å². The second kappa shape index (κ2) is 5.62. The third-order valence-corrected chi connectivity index (χ3v) is 3.05. The molecule has 0 bridgehead atoms. The molecule has 0 fully saturated rings. The van der Waals surface area contributed by atoms with Crippen LogP contribution in [0.15, 0.2) is 47.2 Å². The van der Waals surface area contributed by atoms with Gasteiger partial charge in [0.05, 0.1) is 24.6 Å². The van der Waals surface area contributed by atoms with Crippen molar-refractivity contribution >= 4 is 5.69 Å². The summed E-state index contributed by atoms with van der Waals surface area (Å²) in [4.78, 5) is 8.30. The number of nitrogens with zero attached hydrogens (tertiary/aromatic N) is 3. The van der Waals surface area contributed by atoms with Gasteiger partial charge in [-0.05, 0) is 23.8 Å². The number of rotatable bonds is 4. The molecule has 6 nitrogen and oxygen atoms in total. The average molecular weight is 282 g/mol. The molecule has 0 atom stereocenters. The van der Waals surface area contributed by atoms with Gasteiger partial charge in [-0.25, -0.2) is 0 Å². The Morgan fingerprint density at radius 1 is 1.29 bits per heavy atom. The van der Waals surface area contributed by atoms with E-state index in [1.807, 2.05) is 24.3 Å². The first kappa shape index (κ1) is 13.1. The van der Waals surface area contributed by atoms with Crippen molar-refractivity contribution < 1.29 is 9.26 Å². The second-order valence-electron chi connectivity index (χ2n) is 4.51. The maximum Gasteiger partial charge on any atom is 0.260 e. The fourth-order valence-electron chi connectivity index (χ4n) is 2.00. The van der Waals surface area contributed by atoms with Crippen molar-refractivity contribution in [1.82, 2.24) is 15.1 Å². The number of nitrogens with two attached hydrogens (primary N) is 1. The SMILES string of the molecule is COc1cccc(Cc2noc(-c3ccncc3N)n2)c1. The van der Waals surface area contributed by atoms with Gasteiger partial charge in [0.25, 0.3) is 5.89 Å².